The van der Waals surface area contributed by atoms with Crippen LogP contribution >= 0.6 is 0 Å². The van der Waals surface area contributed by atoms with Crippen LogP contribution in [0.1, 0.15) is 113 Å². The number of ether oxygens (including phenoxy) is 2. The van der Waals surface area contributed by atoms with Crippen molar-refractivity contribution in [3.05, 3.63) is 53.2 Å². The molecule has 0 N–H and O–H groups in total. The topological polar surface area (TPSA) is 83.9 Å². The molecule has 2 aromatic carbocycles. The maximum absolute atomic E-state index is 18.1. The first-order chi connectivity index (χ1) is 31.6. The Morgan fingerprint density at radius 2 is 1.69 bits per heavy atom. The summed E-state index contributed by atoms with van der Waals surface area (Å²) in [4.78, 5) is 36.4. The molecule has 4 fully saturated rings. The van der Waals surface area contributed by atoms with Crippen LogP contribution in [-0.4, -0.2) is 104 Å². The largest absolute Gasteiger partial charge is 0.463 e. The van der Waals surface area contributed by atoms with Gasteiger partial charge in [0.2, 0.25) is 0 Å². The molecule has 67 heavy (non-hydrogen) atoms. The van der Waals surface area contributed by atoms with Crippen molar-refractivity contribution in [3.63, 3.8) is 0 Å². The predicted octanol–water partition coefficient (Wildman–Crippen LogP) is 12.4. The van der Waals surface area contributed by atoms with E-state index in [1.54, 1.807) is 6.07 Å². The average molecular weight is 949 g/mol. The van der Waals surface area contributed by atoms with Crippen molar-refractivity contribution < 1.29 is 23.0 Å². The highest BCUT2D eigenvalue weighted by Crippen LogP contribution is 2.49. The number of carbonyl (C=O) groups excluding carboxylic acids is 1. The summed E-state index contributed by atoms with van der Waals surface area (Å²) >= 11 is 0. The molecule has 6 heterocycles. The maximum Gasteiger partial charge on any atom is 0.410 e. The summed E-state index contributed by atoms with van der Waals surface area (Å²) in [5.74, 6) is 3.01. The number of rotatable bonds is 9. The Hall–Kier alpha value is -4.13. The molecule has 3 saturated heterocycles. The van der Waals surface area contributed by atoms with Crippen molar-refractivity contribution in [2.75, 3.05) is 37.7 Å². The Morgan fingerprint density at radius 1 is 0.955 bits per heavy atom. The molecule has 5 aliphatic rings. The van der Waals surface area contributed by atoms with Gasteiger partial charge in [0.15, 0.2) is 5.82 Å². The number of anilines is 1. The van der Waals surface area contributed by atoms with Gasteiger partial charge < -0.3 is 19.3 Å². The first-order valence-electron chi connectivity index (χ1n) is 25.4. The summed E-state index contributed by atoms with van der Waals surface area (Å²) in [6, 6.07) is 11.4. The fourth-order valence-corrected chi connectivity index (χ4v) is 20.4. The second-order valence-corrected chi connectivity index (χ2v) is 34.7. The fraction of sp³-hybridized carbons (Fsp3) is 0.630. The standard InChI is InChI=1S/C54H74F2N6O3Si2/c1-33(2)67(34(3)4,35(5)6)27-21-39-41(55)19-17-37-15-13-16-40(44(37)39)47-46(56)48-45-42(57-47)29-36(7)49-43-20-18-38(62(43)52(63)65-53(8,9)10)30-61(49)50(45)59-51(58-48)64-32-54(22-23-54)31-60-24-14-26-66(11,12)28-25-60/h13,15-17,19,33-36,38,43,49H,14,18,20,22-26,28-32H2,1-12H3/t36-,38+,43-,49-/m0/s1. The van der Waals surface area contributed by atoms with Crippen molar-refractivity contribution in [3.8, 4) is 28.7 Å². The van der Waals surface area contributed by atoms with E-state index in [-0.39, 0.29) is 58.3 Å². The van der Waals surface area contributed by atoms with Gasteiger partial charge >= 0.3 is 12.1 Å². The molecule has 4 aliphatic heterocycles. The molecule has 9 rings (SSSR count). The number of halogens is 2. The number of benzene rings is 2. The monoisotopic (exact) mass is 949 g/mol. The van der Waals surface area contributed by atoms with E-state index in [2.05, 4.69) is 82.8 Å². The third-order valence-electron chi connectivity index (χ3n) is 16.5. The van der Waals surface area contributed by atoms with E-state index in [1.165, 1.54) is 24.6 Å². The predicted molar refractivity (Wildman–Crippen MR) is 272 cm³/mol. The van der Waals surface area contributed by atoms with Crippen LogP contribution in [0.15, 0.2) is 30.3 Å². The van der Waals surface area contributed by atoms with E-state index in [9.17, 15) is 4.79 Å². The van der Waals surface area contributed by atoms with Gasteiger partial charge in [0.05, 0.1) is 41.4 Å². The molecule has 4 aromatic rings. The van der Waals surface area contributed by atoms with Gasteiger partial charge in [0.25, 0.3) is 0 Å². The maximum atomic E-state index is 18.1. The van der Waals surface area contributed by atoms with E-state index in [0.717, 1.165) is 50.7 Å². The number of pyridine rings is 1. The van der Waals surface area contributed by atoms with Crippen LogP contribution in [0.3, 0.4) is 0 Å². The van der Waals surface area contributed by atoms with Crippen LogP contribution in [0.4, 0.5) is 19.4 Å². The van der Waals surface area contributed by atoms with Crippen molar-refractivity contribution in [1.82, 2.24) is 24.8 Å². The molecular formula is C54H74F2N6O3Si2. The molecule has 0 unspecified atom stereocenters. The lowest BCUT2D eigenvalue weighted by Gasteiger charge is -2.49. The number of carbonyl (C=O) groups is 1. The molecule has 13 heteroatoms. The minimum Gasteiger partial charge on any atom is -0.463 e. The molecule has 2 bridgehead atoms. The fourth-order valence-electron chi connectivity index (χ4n) is 12.9. The van der Waals surface area contributed by atoms with E-state index >= 15 is 8.78 Å². The van der Waals surface area contributed by atoms with Gasteiger partial charge in [-0.25, -0.2) is 18.6 Å². The Morgan fingerprint density at radius 3 is 2.37 bits per heavy atom. The number of amides is 1. The van der Waals surface area contributed by atoms with Crippen LogP contribution < -0.4 is 9.64 Å². The van der Waals surface area contributed by atoms with Gasteiger partial charge in [-0.05, 0) is 112 Å². The Balaban J connectivity index is 1.18. The average Bonchev–Trinajstić information content (AvgIpc) is 4.00. The number of piperazine rings is 1. The molecule has 2 aromatic heterocycles. The van der Waals surface area contributed by atoms with Crippen molar-refractivity contribution in [2.24, 2.45) is 11.3 Å². The summed E-state index contributed by atoms with van der Waals surface area (Å²) in [6.45, 7) is 30.7. The van der Waals surface area contributed by atoms with E-state index in [0.29, 0.717) is 64.0 Å². The lowest BCUT2D eigenvalue weighted by atomic mass is 9.88. The first kappa shape index (κ1) is 47.9. The SMILES string of the molecule is CC(C)[Si](C#Cc1c(F)ccc2cccc(-c3nc4c5c(nc(OCC6(CN7CCC[Si](C)(C)CC7)CC6)nc5c3F)N3C[C@H]5CC[C@@H]([C@@H]3[C@@H](C)C4)N5C(=O)OC(C)(C)C)c12)(C(C)C)C(C)C. The molecule has 1 saturated carbocycles. The summed E-state index contributed by atoms with van der Waals surface area (Å²) in [5, 5.41) is 1.90. The summed E-state index contributed by atoms with van der Waals surface area (Å²) in [7, 11) is -3.43. The highest BCUT2D eigenvalue weighted by Gasteiger charge is 2.53. The zero-order chi connectivity index (χ0) is 48.0. The van der Waals surface area contributed by atoms with Crippen LogP contribution in [0.2, 0.25) is 41.8 Å². The number of hydrogen-bond acceptors (Lipinski definition) is 8. The number of aromatic nitrogens is 3. The highest BCUT2D eigenvalue weighted by molar-refractivity contribution is 6.90. The van der Waals surface area contributed by atoms with Gasteiger partial charge in [0.1, 0.15) is 36.5 Å². The Bertz CT molecular complexity index is 2610. The highest BCUT2D eigenvalue weighted by atomic mass is 28.3. The summed E-state index contributed by atoms with van der Waals surface area (Å²) < 4.78 is 47.3. The van der Waals surface area contributed by atoms with Gasteiger partial charge in [0, 0.05) is 37.5 Å². The quantitative estimate of drug-likeness (QED) is 0.121. The number of hydrogen-bond donors (Lipinski definition) is 0. The minimum absolute atomic E-state index is 0.00876. The van der Waals surface area contributed by atoms with Crippen LogP contribution in [0, 0.1) is 34.4 Å². The lowest BCUT2D eigenvalue weighted by Crippen LogP contribution is -2.63. The van der Waals surface area contributed by atoms with Gasteiger partial charge in [-0.2, -0.15) is 9.97 Å². The van der Waals surface area contributed by atoms with Crippen molar-refractivity contribution in [2.45, 2.75) is 173 Å². The zero-order valence-electron chi connectivity index (χ0n) is 42.3. The second-order valence-electron chi connectivity index (χ2n) is 23.8. The molecule has 1 aliphatic carbocycles. The van der Waals surface area contributed by atoms with Crippen LogP contribution in [0.25, 0.3) is 32.9 Å². The molecule has 9 nitrogen and oxygen atoms in total. The minimum atomic E-state index is -2.27. The van der Waals surface area contributed by atoms with E-state index in [4.69, 9.17) is 24.4 Å². The third kappa shape index (κ3) is 8.90. The van der Waals surface area contributed by atoms with E-state index in [1.807, 2.05) is 43.9 Å². The van der Waals surface area contributed by atoms with Crippen LogP contribution in [-0.2, 0) is 11.2 Å². The van der Waals surface area contributed by atoms with E-state index < -0.39 is 33.4 Å². The molecule has 0 spiro atoms. The van der Waals surface area contributed by atoms with Gasteiger partial charge in [-0.15, -0.1) is 5.54 Å². The Labute approximate surface area is 400 Å². The molecule has 0 radical (unpaired) electrons. The number of nitrogens with zero attached hydrogens (tertiary/aromatic N) is 6. The van der Waals surface area contributed by atoms with Crippen molar-refractivity contribution >= 4 is 49.7 Å². The summed E-state index contributed by atoms with van der Waals surface area (Å²) in [6.07, 6.45) is 5.28. The molecular weight excluding hydrogens is 875 g/mol. The second kappa shape index (κ2) is 17.7. The van der Waals surface area contributed by atoms with Crippen LogP contribution in [0.5, 0.6) is 6.01 Å². The zero-order valence-corrected chi connectivity index (χ0v) is 44.3. The van der Waals surface area contributed by atoms with Gasteiger partial charge in [-0.3, -0.25) is 4.90 Å². The lowest BCUT2D eigenvalue weighted by molar-refractivity contribution is 0.00489. The summed E-state index contributed by atoms with van der Waals surface area (Å²) in [5.41, 5.74) is 5.90. The molecule has 360 valence electrons. The molecule has 1 amide bonds. The Kier molecular flexibility index (Phi) is 12.6. The normalized spacial score (nSPS) is 23.6. The smallest absolute Gasteiger partial charge is 0.410 e. The molecule has 4 atom stereocenters. The first-order valence-corrected chi connectivity index (χ1v) is 31.0. The third-order valence-corrected chi connectivity index (χ3v) is 26.1. The number of fused-ring (bicyclic) bond motifs is 6. The van der Waals surface area contributed by atoms with Crippen molar-refractivity contribution in [1.29, 1.82) is 0 Å². The van der Waals surface area contributed by atoms with Gasteiger partial charge in [-0.1, -0.05) is 97.8 Å².